The summed E-state index contributed by atoms with van der Waals surface area (Å²) in [5.41, 5.74) is 3.49. The highest BCUT2D eigenvalue weighted by atomic mass is 16.5. The number of aryl methyl sites for hydroxylation is 1. The van der Waals surface area contributed by atoms with Gasteiger partial charge in [0.25, 0.3) is 11.8 Å². The highest BCUT2D eigenvalue weighted by Gasteiger charge is 2.22. The summed E-state index contributed by atoms with van der Waals surface area (Å²) in [4.78, 5) is 40.1. The van der Waals surface area contributed by atoms with Gasteiger partial charge in [-0.2, -0.15) is 0 Å². The monoisotopic (exact) mass is 459 g/mol. The van der Waals surface area contributed by atoms with E-state index in [1.54, 1.807) is 43.4 Å². The molecular formula is C26H25N3O5. The zero-order chi connectivity index (χ0) is 24.1. The Labute approximate surface area is 197 Å². The number of nitrogens with zero attached hydrogens (tertiary/aromatic N) is 1. The van der Waals surface area contributed by atoms with E-state index in [1.807, 2.05) is 18.2 Å². The number of esters is 1. The van der Waals surface area contributed by atoms with Crippen LogP contribution in [-0.4, -0.2) is 43.0 Å². The van der Waals surface area contributed by atoms with Crippen LogP contribution in [0.1, 0.15) is 48.8 Å². The topological polar surface area (TPSA) is 107 Å². The van der Waals surface area contributed by atoms with Crippen molar-refractivity contribution in [1.29, 1.82) is 0 Å². The first kappa shape index (κ1) is 23.0. The third kappa shape index (κ3) is 5.23. The van der Waals surface area contributed by atoms with Gasteiger partial charge in [0, 0.05) is 30.9 Å². The van der Waals surface area contributed by atoms with Gasteiger partial charge in [-0.1, -0.05) is 6.07 Å². The van der Waals surface area contributed by atoms with E-state index in [-0.39, 0.29) is 23.6 Å². The van der Waals surface area contributed by atoms with Crippen molar-refractivity contribution in [2.75, 3.05) is 14.2 Å². The maximum absolute atomic E-state index is 12.7. The normalized spacial score (nSPS) is 14.5. The summed E-state index contributed by atoms with van der Waals surface area (Å²) >= 11 is 0. The molecule has 3 aromatic rings. The number of benzene rings is 2. The summed E-state index contributed by atoms with van der Waals surface area (Å²) in [7, 11) is 2.87. The molecule has 2 N–H and O–H groups in total. The summed E-state index contributed by atoms with van der Waals surface area (Å²) in [6.07, 6.45) is 3.89. The molecular weight excluding hydrogens is 434 g/mol. The van der Waals surface area contributed by atoms with Crippen molar-refractivity contribution < 1.29 is 23.9 Å². The minimum absolute atomic E-state index is 0.0173. The van der Waals surface area contributed by atoms with E-state index in [0.29, 0.717) is 29.0 Å². The van der Waals surface area contributed by atoms with Crippen LogP contribution in [0.25, 0.3) is 0 Å². The summed E-state index contributed by atoms with van der Waals surface area (Å²) in [6, 6.07) is 15.6. The number of carbonyl (C=O) groups is 3. The maximum Gasteiger partial charge on any atom is 0.337 e. The van der Waals surface area contributed by atoms with Gasteiger partial charge in [0.1, 0.15) is 17.2 Å². The number of fused-ring (bicyclic) bond motifs is 1. The van der Waals surface area contributed by atoms with Gasteiger partial charge in [0.2, 0.25) is 0 Å². The fourth-order valence-electron chi connectivity index (χ4n) is 3.93. The molecule has 0 saturated heterocycles. The summed E-state index contributed by atoms with van der Waals surface area (Å²) in [6.45, 7) is 0. The summed E-state index contributed by atoms with van der Waals surface area (Å²) in [5.74, 6) is 0.262. The average Bonchev–Trinajstić information content (AvgIpc) is 2.87. The Morgan fingerprint density at radius 3 is 2.38 bits per heavy atom. The molecule has 0 spiro atoms. The van der Waals surface area contributed by atoms with Crippen molar-refractivity contribution >= 4 is 17.8 Å². The molecule has 1 heterocycles. The van der Waals surface area contributed by atoms with Gasteiger partial charge in [-0.05, 0) is 72.9 Å². The maximum atomic E-state index is 12.7. The molecule has 1 atom stereocenters. The number of aromatic nitrogens is 1. The summed E-state index contributed by atoms with van der Waals surface area (Å²) < 4.78 is 10.6. The van der Waals surface area contributed by atoms with Crippen LogP contribution < -0.4 is 15.4 Å². The first-order valence-corrected chi connectivity index (χ1v) is 10.9. The molecule has 1 aromatic heterocycles. The van der Waals surface area contributed by atoms with Crippen molar-refractivity contribution in [3.63, 3.8) is 0 Å². The Bertz CT molecular complexity index is 1220. The molecule has 4 rings (SSSR count). The average molecular weight is 460 g/mol. The van der Waals surface area contributed by atoms with Crippen LogP contribution in [0.4, 0.5) is 0 Å². The van der Waals surface area contributed by atoms with Gasteiger partial charge in [-0.15, -0.1) is 0 Å². The lowest BCUT2D eigenvalue weighted by Crippen LogP contribution is -2.38. The number of hydrogen-bond acceptors (Lipinski definition) is 6. The molecule has 0 aliphatic heterocycles. The van der Waals surface area contributed by atoms with Crippen molar-refractivity contribution in [3.8, 4) is 11.5 Å². The van der Waals surface area contributed by atoms with Gasteiger partial charge in [-0.25, -0.2) is 4.79 Å². The molecule has 1 unspecified atom stereocenters. The highest BCUT2D eigenvalue weighted by molar-refractivity contribution is 5.96. The van der Waals surface area contributed by atoms with E-state index >= 15 is 0 Å². The molecule has 2 amide bonds. The Hall–Kier alpha value is -4.20. The fraction of sp³-hybridized carbons (Fsp3) is 0.231. The summed E-state index contributed by atoms with van der Waals surface area (Å²) in [5, 5.41) is 5.63. The molecule has 1 aliphatic rings. The van der Waals surface area contributed by atoms with Crippen molar-refractivity contribution in [1.82, 2.24) is 15.6 Å². The fourth-order valence-corrected chi connectivity index (χ4v) is 3.93. The third-order valence-corrected chi connectivity index (χ3v) is 5.74. The first-order chi connectivity index (χ1) is 16.5. The van der Waals surface area contributed by atoms with Crippen LogP contribution in [-0.2, 0) is 17.6 Å². The molecule has 0 radical (unpaired) electrons. The number of hydrogen-bond donors (Lipinski definition) is 2. The second-order valence-corrected chi connectivity index (χ2v) is 7.97. The molecule has 34 heavy (non-hydrogen) atoms. The van der Waals surface area contributed by atoms with Gasteiger partial charge < -0.3 is 20.1 Å². The van der Waals surface area contributed by atoms with Crippen molar-refractivity contribution in [2.45, 2.75) is 25.3 Å². The second-order valence-electron chi connectivity index (χ2n) is 7.97. The lowest BCUT2D eigenvalue weighted by Gasteiger charge is -2.26. The third-order valence-electron chi connectivity index (χ3n) is 5.74. The van der Waals surface area contributed by atoms with E-state index in [1.165, 1.54) is 18.9 Å². The lowest BCUT2D eigenvalue weighted by atomic mass is 9.88. The van der Waals surface area contributed by atoms with Crippen LogP contribution in [0, 0.1) is 0 Å². The van der Waals surface area contributed by atoms with Crippen LogP contribution >= 0.6 is 0 Å². The predicted molar refractivity (Wildman–Crippen MR) is 125 cm³/mol. The lowest BCUT2D eigenvalue weighted by molar-refractivity contribution is 0.0600. The van der Waals surface area contributed by atoms with Crippen molar-refractivity contribution in [3.05, 3.63) is 88.7 Å². The van der Waals surface area contributed by atoms with E-state index in [4.69, 9.17) is 4.74 Å². The minimum Gasteiger partial charge on any atom is -0.465 e. The Morgan fingerprint density at radius 1 is 0.912 bits per heavy atom. The minimum atomic E-state index is -0.439. The van der Waals surface area contributed by atoms with Crippen LogP contribution in [0.2, 0.25) is 0 Å². The van der Waals surface area contributed by atoms with E-state index in [2.05, 4.69) is 20.4 Å². The van der Waals surface area contributed by atoms with Gasteiger partial charge in [-0.3, -0.25) is 14.6 Å². The zero-order valence-corrected chi connectivity index (χ0v) is 19.0. The molecule has 8 nitrogen and oxygen atoms in total. The molecule has 2 aromatic carbocycles. The number of carbonyl (C=O) groups excluding carboxylic acids is 3. The molecule has 0 fully saturated rings. The quantitative estimate of drug-likeness (QED) is 0.548. The number of rotatable bonds is 6. The van der Waals surface area contributed by atoms with Crippen LogP contribution in [0.5, 0.6) is 11.5 Å². The number of pyridine rings is 1. The van der Waals surface area contributed by atoms with Crippen molar-refractivity contribution in [2.24, 2.45) is 0 Å². The molecule has 174 valence electrons. The first-order valence-electron chi connectivity index (χ1n) is 10.9. The van der Waals surface area contributed by atoms with Gasteiger partial charge in [0.05, 0.1) is 12.7 Å². The highest BCUT2D eigenvalue weighted by Crippen LogP contribution is 2.29. The molecule has 1 aliphatic carbocycles. The number of nitrogens with one attached hydrogen (secondary N) is 2. The number of methoxy groups -OCH3 is 1. The number of amides is 2. The Morgan fingerprint density at radius 2 is 1.65 bits per heavy atom. The largest absolute Gasteiger partial charge is 0.465 e. The predicted octanol–water partition coefficient (Wildman–Crippen LogP) is 3.31. The van der Waals surface area contributed by atoms with Crippen LogP contribution in [0.3, 0.4) is 0 Å². The smallest absolute Gasteiger partial charge is 0.337 e. The standard InChI is InChI=1S/C26H25N3O5/c1-27-25(31)23-15-22(11-12-28-23)34-21-10-8-16-7-9-20(13-19(16)14-21)29-24(30)17-3-5-18(6-4-17)26(32)33-2/h3-6,8,10-12,14-15,20H,7,9,13H2,1-2H3,(H,27,31)(H,29,30). The molecule has 0 saturated carbocycles. The Balaban J connectivity index is 1.42. The zero-order valence-electron chi connectivity index (χ0n) is 19.0. The number of ether oxygens (including phenoxy) is 2. The van der Waals surface area contributed by atoms with E-state index in [0.717, 1.165) is 18.4 Å². The van der Waals surface area contributed by atoms with E-state index < -0.39 is 5.97 Å². The van der Waals surface area contributed by atoms with E-state index in [9.17, 15) is 14.4 Å². The second kappa shape index (κ2) is 10.2. The molecule has 8 heteroatoms. The Kier molecular flexibility index (Phi) is 6.87. The van der Waals surface area contributed by atoms with Gasteiger partial charge >= 0.3 is 5.97 Å². The molecule has 0 bridgehead atoms. The SMILES string of the molecule is CNC(=O)c1cc(Oc2ccc3c(c2)CC(NC(=O)c2ccc(C(=O)OC)cc2)CC3)ccn1. The van der Waals surface area contributed by atoms with Gasteiger partial charge in [0.15, 0.2) is 0 Å². The van der Waals surface area contributed by atoms with Crippen LogP contribution in [0.15, 0.2) is 60.8 Å².